The lowest BCUT2D eigenvalue weighted by Gasteiger charge is -2.48. The molecule has 0 spiro atoms. The molecule has 2 saturated heterocycles. The maximum atomic E-state index is 14.2. The third kappa shape index (κ3) is 10.3. The number of aliphatic hydroxyl groups excluding tert-OH is 1. The summed E-state index contributed by atoms with van der Waals surface area (Å²) >= 11 is 7.02. The fourth-order valence-electron chi connectivity index (χ4n) is 7.00. The highest BCUT2D eigenvalue weighted by Gasteiger charge is 2.53. The maximum Gasteiger partial charge on any atom is 0.316 e. The van der Waals surface area contributed by atoms with E-state index in [-0.39, 0.29) is 42.2 Å². The molecule has 2 aliphatic heterocycles. The van der Waals surface area contributed by atoms with E-state index in [2.05, 4.69) is 31.9 Å². The number of alkyl halides is 2. The first kappa shape index (κ1) is 43.2. The summed E-state index contributed by atoms with van der Waals surface area (Å²) in [5.41, 5.74) is -3.34. The summed E-state index contributed by atoms with van der Waals surface area (Å²) in [6.45, 7) is 14.4. The molecular formula is C34H57Br2NO11. The minimum Gasteiger partial charge on any atom is -0.459 e. The van der Waals surface area contributed by atoms with Crippen molar-refractivity contribution in [3.63, 3.8) is 0 Å². The van der Waals surface area contributed by atoms with Gasteiger partial charge in [0.1, 0.15) is 23.4 Å². The zero-order valence-electron chi connectivity index (χ0n) is 30.2. The van der Waals surface area contributed by atoms with Crippen LogP contribution in [0.4, 0.5) is 0 Å². The first-order chi connectivity index (χ1) is 22.1. The molecule has 2 heterocycles. The van der Waals surface area contributed by atoms with Gasteiger partial charge in [-0.25, -0.2) is 0 Å². The topological polar surface area (TPSA) is 158 Å². The average Bonchev–Trinajstić information content (AvgIpc) is 3.02. The van der Waals surface area contributed by atoms with Gasteiger partial charge in [-0.2, -0.15) is 0 Å². The number of cyclic esters (lactones) is 1. The highest BCUT2D eigenvalue weighted by Crippen LogP contribution is 2.39. The van der Waals surface area contributed by atoms with Gasteiger partial charge in [0.25, 0.3) is 0 Å². The summed E-state index contributed by atoms with van der Waals surface area (Å²) in [6.07, 6.45) is -5.47. The van der Waals surface area contributed by atoms with Crippen molar-refractivity contribution in [2.45, 2.75) is 140 Å². The van der Waals surface area contributed by atoms with Gasteiger partial charge in [0.15, 0.2) is 18.2 Å². The van der Waals surface area contributed by atoms with Crippen molar-refractivity contribution >= 4 is 55.4 Å². The maximum absolute atomic E-state index is 14.2. The predicted octanol–water partition coefficient (Wildman–Crippen LogP) is 3.82. The van der Waals surface area contributed by atoms with Gasteiger partial charge in [0, 0.05) is 34.8 Å². The van der Waals surface area contributed by atoms with Gasteiger partial charge in [-0.05, 0) is 61.1 Å². The van der Waals surface area contributed by atoms with Crippen LogP contribution in [-0.2, 0) is 42.9 Å². The zero-order chi connectivity index (χ0) is 36.9. The van der Waals surface area contributed by atoms with Crippen molar-refractivity contribution in [2.24, 2.45) is 23.7 Å². The van der Waals surface area contributed by atoms with Crippen molar-refractivity contribution < 1.29 is 53.1 Å². The van der Waals surface area contributed by atoms with E-state index in [9.17, 15) is 29.4 Å². The third-order valence-corrected chi connectivity index (χ3v) is 12.1. The largest absolute Gasteiger partial charge is 0.459 e. The molecule has 2 rings (SSSR count). The molecule has 0 aliphatic carbocycles. The standard InChI is InChI=1S/C34H57Br2NO11/c1-12-25-34(9,43)29(41)19(4)26(39)17(2)14-33(8,44-16-23(36)15-35)30(20(5)27(40)21(6)31(42)47-25)48-32-28(46-22(7)38)24(37(10)11)13-18(3)45-32/h17-21,23-25,28-30,32,41,43H,12-16H2,1-11H3/t17-,18-,19+,20+,21-,23?,24+,25-,28-,29-,30-,32?,33+,34-/m1/s1. The fraction of sp³-hybridized carbons (Fsp3) is 0.882. The molecular weight excluding hydrogens is 758 g/mol. The molecule has 12 nitrogen and oxygen atoms in total. The Morgan fingerprint density at radius 1 is 1.08 bits per heavy atom. The van der Waals surface area contributed by atoms with Crippen molar-refractivity contribution in [3.05, 3.63) is 0 Å². The molecule has 2 unspecified atom stereocenters. The van der Waals surface area contributed by atoms with Crippen LogP contribution >= 0.6 is 31.9 Å². The number of halogens is 2. The molecule has 278 valence electrons. The second-order valence-electron chi connectivity index (χ2n) is 14.3. The Hall–Kier alpha value is -1.00. The molecule has 0 aromatic rings. The van der Waals surface area contributed by atoms with Crippen LogP contribution in [0.25, 0.3) is 0 Å². The fourth-order valence-corrected chi connectivity index (χ4v) is 7.32. The van der Waals surface area contributed by atoms with E-state index in [1.54, 1.807) is 27.7 Å². The van der Waals surface area contributed by atoms with E-state index in [1.165, 1.54) is 27.7 Å². The molecule has 14 heteroatoms. The number of aliphatic hydroxyl groups is 2. The van der Waals surface area contributed by atoms with Gasteiger partial charge in [0.05, 0.1) is 36.6 Å². The van der Waals surface area contributed by atoms with Gasteiger partial charge < -0.3 is 38.8 Å². The highest BCUT2D eigenvalue weighted by molar-refractivity contribution is 9.12. The van der Waals surface area contributed by atoms with Crippen LogP contribution in [0.15, 0.2) is 0 Å². The Bertz CT molecular complexity index is 1120. The number of hydrogen-bond acceptors (Lipinski definition) is 12. The molecule has 2 aliphatic rings. The van der Waals surface area contributed by atoms with Gasteiger partial charge in [0.2, 0.25) is 0 Å². The number of ketones is 2. The smallest absolute Gasteiger partial charge is 0.316 e. The van der Waals surface area contributed by atoms with Crippen LogP contribution < -0.4 is 0 Å². The molecule has 48 heavy (non-hydrogen) atoms. The zero-order valence-corrected chi connectivity index (χ0v) is 33.4. The summed E-state index contributed by atoms with van der Waals surface area (Å²) < 4.78 is 31.1. The number of esters is 2. The SMILES string of the molecule is CC[C@H]1OC(=O)[C@H](C)C(=O)[C@H](C)[C@@H](OC2O[C@H](C)C[C@H](N(C)C)[C@H]2OC(C)=O)[C@@](C)(OCC(Br)CBr)C[C@@H](C)C(=O)[C@H](C)[C@@H](O)[C@]1(C)O. The van der Waals surface area contributed by atoms with Crippen molar-refractivity contribution in [2.75, 3.05) is 26.0 Å². The first-order valence-electron chi connectivity index (χ1n) is 16.8. The second kappa shape index (κ2) is 18.0. The van der Waals surface area contributed by atoms with Crippen LogP contribution in [0.1, 0.15) is 81.6 Å². The third-order valence-electron chi connectivity index (χ3n) is 9.88. The number of Topliss-reactive ketones (excluding diaryl/α,β-unsaturated/α-hetero) is 2. The Kier molecular flexibility index (Phi) is 16.2. The van der Waals surface area contributed by atoms with E-state index in [0.717, 1.165) is 0 Å². The van der Waals surface area contributed by atoms with E-state index >= 15 is 0 Å². The number of hydrogen-bond donors (Lipinski definition) is 2. The van der Waals surface area contributed by atoms with E-state index in [0.29, 0.717) is 11.8 Å². The monoisotopic (exact) mass is 813 g/mol. The molecule has 2 fully saturated rings. The highest BCUT2D eigenvalue weighted by atomic mass is 79.9. The number of carbonyl (C=O) groups excluding carboxylic acids is 4. The summed E-state index contributed by atoms with van der Waals surface area (Å²) in [5, 5.41) is 23.2. The summed E-state index contributed by atoms with van der Waals surface area (Å²) in [7, 11) is 3.73. The Labute approximate surface area is 302 Å². The second-order valence-corrected chi connectivity index (χ2v) is 16.2. The van der Waals surface area contributed by atoms with Crippen molar-refractivity contribution in [3.8, 4) is 0 Å². The van der Waals surface area contributed by atoms with Crippen LogP contribution in [0, 0.1) is 23.7 Å². The predicted molar refractivity (Wildman–Crippen MR) is 186 cm³/mol. The summed E-state index contributed by atoms with van der Waals surface area (Å²) in [6, 6.07) is -0.282. The Morgan fingerprint density at radius 3 is 2.21 bits per heavy atom. The van der Waals surface area contributed by atoms with Crippen molar-refractivity contribution in [1.29, 1.82) is 0 Å². The number of ether oxygens (including phenoxy) is 5. The Morgan fingerprint density at radius 2 is 1.69 bits per heavy atom. The number of rotatable bonds is 9. The number of likely N-dealkylation sites (N-methyl/N-ethyl adjacent to an activating group) is 1. The molecule has 2 N–H and O–H groups in total. The number of carbonyl (C=O) groups is 4. The molecule has 0 aromatic heterocycles. The van der Waals surface area contributed by atoms with E-state index < -0.39 is 83.3 Å². The average molecular weight is 816 g/mol. The van der Waals surface area contributed by atoms with E-state index in [4.69, 9.17) is 23.7 Å². The van der Waals surface area contributed by atoms with Gasteiger partial charge >= 0.3 is 11.9 Å². The molecule has 0 radical (unpaired) electrons. The van der Waals surface area contributed by atoms with Gasteiger partial charge in [-0.1, -0.05) is 59.6 Å². The minimum absolute atomic E-state index is 0.0446. The van der Waals surface area contributed by atoms with Crippen LogP contribution in [-0.4, -0.2) is 124 Å². The molecule has 0 bridgehead atoms. The van der Waals surface area contributed by atoms with Crippen molar-refractivity contribution in [1.82, 2.24) is 4.90 Å². The minimum atomic E-state index is -1.98. The Balaban J connectivity index is 2.79. The normalized spacial score (nSPS) is 41.4. The molecule has 0 aromatic carbocycles. The van der Waals surface area contributed by atoms with Crippen LogP contribution in [0.5, 0.6) is 0 Å². The quantitative estimate of drug-likeness (QED) is 0.197. The summed E-state index contributed by atoms with van der Waals surface area (Å²) in [4.78, 5) is 55.7. The lowest BCUT2D eigenvalue weighted by molar-refractivity contribution is -0.299. The number of nitrogens with zero attached hydrogens (tertiary/aromatic N) is 1. The molecule has 14 atom stereocenters. The lowest BCUT2D eigenvalue weighted by atomic mass is 9.74. The van der Waals surface area contributed by atoms with Crippen LogP contribution in [0.2, 0.25) is 0 Å². The summed E-state index contributed by atoms with van der Waals surface area (Å²) in [5.74, 6) is -6.38. The molecule has 0 amide bonds. The van der Waals surface area contributed by atoms with Crippen LogP contribution in [0.3, 0.4) is 0 Å². The van der Waals surface area contributed by atoms with Gasteiger partial charge in [-0.3, -0.25) is 19.2 Å². The van der Waals surface area contributed by atoms with E-state index in [1.807, 2.05) is 25.9 Å². The molecule has 0 saturated carbocycles. The first-order valence-corrected chi connectivity index (χ1v) is 18.8. The lowest BCUT2D eigenvalue weighted by Crippen LogP contribution is -2.61. The van der Waals surface area contributed by atoms with Gasteiger partial charge in [-0.15, -0.1) is 0 Å².